The highest BCUT2D eigenvalue weighted by Crippen LogP contribution is 2.31. The molecule has 0 amide bonds. The number of benzene rings is 4. The van der Waals surface area contributed by atoms with Gasteiger partial charge in [0.1, 0.15) is 0 Å². The molecule has 0 unspecified atom stereocenters. The van der Waals surface area contributed by atoms with Crippen molar-refractivity contribution in [3.05, 3.63) is 109 Å². The van der Waals surface area contributed by atoms with Gasteiger partial charge in [0, 0.05) is 22.5 Å². The summed E-state index contributed by atoms with van der Waals surface area (Å²) in [4.78, 5) is 9.89. The SMILES string of the molecule is c1ccc(Nc2ccc(-c3nc4ccccc4nc3-c3ccccc3)cc2)cc1. The third kappa shape index (κ3) is 3.58. The van der Waals surface area contributed by atoms with Gasteiger partial charge in [-0.3, -0.25) is 0 Å². The van der Waals surface area contributed by atoms with E-state index in [1.54, 1.807) is 0 Å². The average Bonchev–Trinajstić information content (AvgIpc) is 2.80. The minimum absolute atomic E-state index is 0.890. The van der Waals surface area contributed by atoms with E-state index in [0.29, 0.717) is 0 Å². The fraction of sp³-hybridized carbons (Fsp3) is 0. The first-order valence-electron chi connectivity index (χ1n) is 9.61. The van der Waals surface area contributed by atoms with Gasteiger partial charge in [0.15, 0.2) is 0 Å². The number of fused-ring (bicyclic) bond motifs is 1. The van der Waals surface area contributed by atoms with E-state index in [0.717, 1.165) is 44.9 Å². The molecule has 1 aromatic heterocycles. The predicted octanol–water partition coefficient (Wildman–Crippen LogP) is 6.71. The first-order chi connectivity index (χ1) is 14.4. The molecule has 0 aliphatic carbocycles. The van der Waals surface area contributed by atoms with Crippen LogP contribution in [0.5, 0.6) is 0 Å². The molecule has 138 valence electrons. The highest BCUT2D eigenvalue weighted by molar-refractivity contribution is 5.86. The molecule has 4 aromatic carbocycles. The smallest absolute Gasteiger partial charge is 0.0973 e. The summed E-state index contributed by atoms with van der Waals surface area (Å²) in [5.41, 5.74) is 7.79. The quantitative estimate of drug-likeness (QED) is 0.380. The number of anilines is 2. The predicted molar refractivity (Wildman–Crippen MR) is 120 cm³/mol. The van der Waals surface area contributed by atoms with E-state index in [-0.39, 0.29) is 0 Å². The van der Waals surface area contributed by atoms with Crippen LogP contribution in [0, 0.1) is 0 Å². The number of para-hydroxylation sites is 3. The summed E-state index contributed by atoms with van der Waals surface area (Å²) < 4.78 is 0. The Morgan fingerprint density at radius 2 is 0.862 bits per heavy atom. The normalized spacial score (nSPS) is 10.8. The first-order valence-corrected chi connectivity index (χ1v) is 9.61. The summed E-state index contributed by atoms with van der Waals surface area (Å²) >= 11 is 0. The molecule has 3 heteroatoms. The Balaban J connectivity index is 1.58. The molecule has 5 aromatic rings. The van der Waals surface area contributed by atoms with E-state index in [1.165, 1.54) is 0 Å². The van der Waals surface area contributed by atoms with Crippen molar-refractivity contribution in [3.8, 4) is 22.5 Å². The molecule has 0 aliphatic heterocycles. The van der Waals surface area contributed by atoms with Gasteiger partial charge in [0.25, 0.3) is 0 Å². The number of nitrogens with one attached hydrogen (secondary N) is 1. The molecule has 29 heavy (non-hydrogen) atoms. The number of hydrogen-bond donors (Lipinski definition) is 1. The maximum atomic E-state index is 4.95. The maximum absolute atomic E-state index is 4.95. The molecule has 0 saturated heterocycles. The van der Waals surface area contributed by atoms with Gasteiger partial charge in [-0.2, -0.15) is 0 Å². The lowest BCUT2D eigenvalue weighted by Gasteiger charge is -2.12. The molecule has 0 fully saturated rings. The van der Waals surface area contributed by atoms with Crippen LogP contribution in [0.3, 0.4) is 0 Å². The third-order valence-electron chi connectivity index (χ3n) is 4.84. The van der Waals surface area contributed by atoms with Crippen molar-refractivity contribution in [3.63, 3.8) is 0 Å². The van der Waals surface area contributed by atoms with Crippen molar-refractivity contribution < 1.29 is 0 Å². The van der Waals surface area contributed by atoms with Gasteiger partial charge in [-0.1, -0.05) is 72.8 Å². The van der Waals surface area contributed by atoms with E-state index >= 15 is 0 Å². The summed E-state index contributed by atoms with van der Waals surface area (Å²) in [7, 11) is 0. The fourth-order valence-electron chi connectivity index (χ4n) is 3.40. The van der Waals surface area contributed by atoms with E-state index in [4.69, 9.17) is 9.97 Å². The van der Waals surface area contributed by atoms with Gasteiger partial charge in [0.2, 0.25) is 0 Å². The van der Waals surface area contributed by atoms with E-state index in [1.807, 2.05) is 60.7 Å². The molecule has 5 rings (SSSR count). The van der Waals surface area contributed by atoms with Crippen molar-refractivity contribution >= 4 is 22.4 Å². The topological polar surface area (TPSA) is 37.8 Å². The Labute approximate surface area is 169 Å². The van der Waals surface area contributed by atoms with Crippen LogP contribution in [-0.4, -0.2) is 9.97 Å². The van der Waals surface area contributed by atoms with Crippen LogP contribution in [0.25, 0.3) is 33.5 Å². The Kier molecular flexibility index (Phi) is 4.47. The molecule has 0 radical (unpaired) electrons. The molecule has 0 atom stereocenters. The molecule has 0 spiro atoms. The van der Waals surface area contributed by atoms with E-state index < -0.39 is 0 Å². The van der Waals surface area contributed by atoms with Crippen molar-refractivity contribution in [1.29, 1.82) is 0 Å². The van der Waals surface area contributed by atoms with Crippen LogP contribution in [0.1, 0.15) is 0 Å². The lowest BCUT2D eigenvalue weighted by molar-refractivity contribution is 1.29. The number of nitrogens with zero attached hydrogens (tertiary/aromatic N) is 2. The second-order valence-electron chi connectivity index (χ2n) is 6.84. The zero-order chi connectivity index (χ0) is 19.5. The van der Waals surface area contributed by atoms with Crippen molar-refractivity contribution in [2.24, 2.45) is 0 Å². The van der Waals surface area contributed by atoms with Gasteiger partial charge in [-0.25, -0.2) is 9.97 Å². The zero-order valence-corrected chi connectivity index (χ0v) is 15.8. The summed E-state index contributed by atoms with van der Waals surface area (Å²) in [6, 6.07) is 36.7. The molecule has 0 bridgehead atoms. The molecule has 0 saturated carbocycles. The van der Waals surface area contributed by atoms with Crippen LogP contribution < -0.4 is 5.32 Å². The number of rotatable bonds is 4. The van der Waals surface area contributed by atoms with Crippen LogP contribution in [0.15, 0.2) is 109 Å². The zero-order valence-electron chi connectivity index (χ0n) is 15.8. The average molecular weight is 373 g/mol. The summed E-state index contributed by atoms with van der Waals surface area (Å²) in [6.07, 6.45) is 0. The van der Waals surface area contributed by atoms with Crippen molar-refractivity contribution in [2.45, 2.75) is 0 Å². The van der Waals surface area contributed by atoms with Crippen molar-refractivity contribution in [2.75, 3.05) is 5.32 Å². The Hall–Kier alpha value is -3.98. The van der Waals surface area contributed by atoms with Crippen LogP contribution in [0.2, 0.25) is 0 Å². The largest absolute Gasteiger partial charge is 0.356 e. The summed E-state index contributed by atoms with van der Waals surface area (Å²) in [5, 5.41) is 3.42. The minimum atomic E-state index is 0.890. The standard InChI is InChI=1S/C26H19N3/c1-3-9-19(10-4-1)25-26(29-24-14-8-7-13-23(24)28-25)20-15-17-22(18-16-20)27-21-11-5-2-6-12-21/h1-18,27H. The molecule has 1 heterocycles. The fourth-order valence-corrected chi connectivity index (χ4v) is 3.40. The Morgan fingerprint density at radius 3 is 1.45 bits per heavy atom. The van der Waals surface area contributed by atoms with Crippen LogP contribution >= 0.6 is 0 Å². The van der Waals surface area contributed by atoms with Gasteiger partial charge in [-0.05, 0) is 36.4 Å². The third-order valence-corrected chi connectivity index (χ3v) is 4.84. The van der Waals surface area contributed by atoms with Gasteiger partial charge in [0.05, 0.1) is 22.4 Å². The van der Waals surface area contributed by atoms with Gasteiger partial charge >= 0.3 is 0 Å². The molecule has 3 nitrogen and oxygen atoms in total. The maximum Gasteiger partial charge on any atom is 0.0973 e. The number of aromatic nitrogens is 2. The molecular formula is C26H19N3. The monoisotopic (exact) mass is 373 g/mol. The van der Waals surface area contributed by atoms with E-state index in [2.05, 4.69) is 53.8 Å². The van der Waals surface area contributed by atoms with Crippen molar-refractivity contribution in [1.82, 2.24) is 9.97 Å². The molecule has 0 aliphatic rings. The van der Waals surface area contributed by atoms with Crippen LogP contribution in [-0.2, 0) is 0 Å². The summed E-state index contributed by atoms with van der Waals surface area (Å²) in [5.74, 6) is 0. The molecule has 1 N–H and O–H groups in total. The van der Waals surface area contributed by atoms with E-state index in [9.17, 15) is 0 Å². The lowest BCUT2D eigenvalue weighted by atomic mass is 10.0. The minimum Gasteiger partial charge on any atom is -0.356 e. The van der Waals surface area contributed by atoms with Gasteiger partial charge < -0.3 is 5.32 Å². The lowest BCUT2D eigenvalue weighted by Crippen LogP contribution is -1.96. The molecular weight excluding hydrogens is 354 g/mol. The van der Waals surface area contributed by atoms with Gasteiger partial charge in [-0.15, -0.1) is 0 Å². The Morgan fingerprint density at radius 1 is 0.414 bits per heavy atom. The highest BCUT2D eigenvalue weighted by Gasteiger charge is 2.13. The van der Waals surface area contributed by atoms with Crippen LogP contribution in [0.4, 0.5) is 11.4 Å². The second-order valence-corrected chi connectivity index (χ2v) is 6.84. The highest BCUT2D eigenvalue weighted by atomic mass is 14.9. The second kappa shape index (κ2) is 7.56. The summed E-state index contributed by atoms with van der Waals surface area (Å²) in [6.45, 7) is 0. The first kappa shape index (κ1) is 17.1. The Bertz CT molecular complexity index is 1250. The number of hydrogen-bond acceptors (Lipinski definition) is 3.